The lowest BCUT2D eigenvalue weighted by atomic mass is 10.5. The lowest BCUT2D eigenvalue weighted by molar-refractivity contribution is -0.389. The zero-order chi connectivity index (χ0) is 9.84. The third-order valence-corrected chi connectivity index (χ3v) is 1.18. The second-order valence-corrected chi connectivity index (χ2v) is 2.15. The molecule has 0 fully saturated rings. The third kappa shape index (κ3) is 2.40. The number of aromatic amines is 1. The first-order valence-corrected chi connectivity index (χ1v) is 3.26. The highest BCUT2D eigenvalue weighted by Crippen LogP contribution is 2.06. The maximum atomic E-state index is 10.3. The number of hydrogen-bond donors (Lipinski definition) is 2. The number of carbonyl (C=O) groups excluding carboxylic acids is 1. The van der Waals surface area contributed by atoms with Crippen molar-refractivity contribution in [1.29, 1.82) is 0 Å². The van der Waals surface area contributed by atoms with E-state index in [1.807, 2.05) is 0 Å². The van der Waals surface area contributed by atoms with Crippen molar-refractivity contribution in [2.75, 3.05) is 0 Å². The highest BCUT2D eigenvalue weighted by Gasteiger charge is 2.06. The van der Waals surface area contributed by atoms with Crippen LogP contribution in [0, 0.1) is 10.1 Å². The fourth-order valence-electron chi connectivity index (χ4n) is 0.665. The van der Waals surface area contributed by atoms with Crippen molar-refractivity contribution >= 4 is 17.8 Å². The van der Waals surface area contributed by atoms with Crippen LogP contribution in [0.3, 0.4) is 0 Å². The van der Waals surface area contributed by atoms with Gasteiger partial charge in [0.25, 0.3) is 0 Å². The lowest BCUT2D eigenvalue weighted by Gasteiger charge is -1.84. The topological polar surface area (TPSA) is 115 Å². The van der Waals surface area contributed by atoms with Gasteiger partial charge in [0.15, 0.2) is 0 Å². The Balaban J connectivity index is 2.80. The molecule has 0 radical (unpaired) electrons. The Kier molecular flexibility index (Phi) is 2.38. The molecule has 0 aliphatic rings. The molecule has 0 saturated heterocycles. The monoisotopic (exact) mass is 182 g/mol. The summed E-state index contributed by atoms with van der Waals surface area (Å²) in [4.78, 5) is 25.8. The van der Waals surface area contributed by atoms with E-state index in [9.17, 15) is 14.9 Å². The van der Waals surface area contributed by atoms with Crippen LogP contribution < -0.4 is 5.73 Å². The minimum Gasteiger partial charge on any atom is -0.366 e. The number of carbonyl (C=O) groups is 1. The first kappa shape index (κ1) is 8.91. The number of hydrogen-bond acceptors (Lipinski definition) is 4. The fourth-order valence-corrected chi connectivity index (χ4v) is 0.665. The summed E-state index contributed by atoms with van der Waals surface area (Å²) in [6.45, 7) is 0. The van der Waals surface area contributed by atoms with Crippen LogP contribution in [0.4, 0.5) is 5.82 Å². The molecule has 0 aliphatic carbocycles. The summed E-state index contributed by atoms with van der Waals surface area (Å²) in [6.07, 6.45) is 3.37. The molecular formula is C6H6N4O3. The van der Waals surface area contributed by atoms with E-state index >= 15 is 0 Å². The standard InChI is InChI=1S/C6H6N4O3/c7-4(11)1-2-5-8-3-6(9-5)10(12)13/h1-3H,(H2,7,11)(H,8,9). The molecule has 0 unspecified atom stereocenters. The normalized spacial score (nSPS) is 10.5. The van der Waals surface area contributed by atoms with Crippen LogP contribution in [0.15, 0.2) is 12.3 Å². The van der Waals surface area contributed by atoms with Crippen LogP contribution >= 0.6 is 0 Å². The molecule has 1 rings (SSSR count). The van der Waals surface area contributed by atoms with E-state index in [4.69, 9.17) is 5.73 Å². The van der Waals surface area contributed by atoms with Crippen molar-refractivity contribution in [1.82, 2.24) is 9.97 Å². The fraction of sp³-hybridized carbons (Fsp3) is 0. The van der Waals surface area contributed by atoms with Gasteiger partial charge in [-0.25, -0.2) is 9.97 Å². The molecule has 1 aromatic heterocycles. The number of imidazole rings is 1. The van der Waals surface area contributed by atoms with E-state index in [1.165, 1.54) is 6.08 Å². The van der Waals surface area contributed by atoms with Gasteiger partial charge in [0.05, 0.1) is 0 Å². The molecule has 1 aromatic rings. The van der Waals surface area contributed by atoms with E-state index in [0.29, 0.717) is 0 Å². The molecule has 3 N–H and O–H groups in total. The van der Waals surface area contributed by atoms with Crippen LogP contribution in [0.1, 0.15) is 5.82 Å². The molecule has 1 heterocycles. The van der Waals surface area contributed by atoms with Gasteiger partial charge in [-0.05, 0) is 4.92 Å². The predicted octanol–water partition coefficient (Wildman–Crippen LogP) is -0.184. The highest BCUT2D eigenvalue weighted by molar-refractivity contribution is 5.89. The molecular weight excluding hydrogens is 176 g/mol. The van der Waals surface area contributed by atoms with Gasteiger partial charge in [0.2, 0.25) is 11.7 Å². The number of nitro groups is 1. The second-order valence-electron chi connectivity index (χ2n) is 2.15. The lowest BCUT2D eigenvalue weighted by Crippen LogP contribution is -2.05. The molecule has 0 bridgehead atoms. The van der Waals surface area contributed by atoms with E-state index < -0.39 is 10.8 Å². The molecule has 7 heteroatoms. The summed E-state index contributed by atoms with van der Waals surface area (Å²) in [5.74, 6) is -0.659. The quantitative estimate of drug-likeness (QED) is 0.383. The van der Waals surface area contributed by atoms with Gasteiger partial charge in [-0.2, -0.15) is 0 Å². The SMILES string of the molecule is NC(=O)C=Cc1ncc([N+](=O)[O-])[nH]1. The Hall–Kier alpha value is -2.18. The highest BCUT2D eigenvalue weighted by atomic mass is 16.6. The smallest absolute Gasteiger partial charge is 0.340 e. The number of primary amides is 1. The van der Waals surface area contributed by atoms with E-state index in [1.54, 1.807) is 0 Å². The number of aromatic nitrogens is 2. The minimum atomic E-state index is -0.640. The van der Waals surface area contributed by atoms with Crippen molar-refractivity contribution in [2.24, 2.45) is 5.73 Å². The predicted molar refractivity (Wildman–Crippen MR) is 43.5 cm³/mol. The van der Waals surface area contributed by atoms with Crippen molar-refractivity contribution in [3.05, 3.63) is 28.2 Å². The number of nitrogens with two attached hydrogens (primary N) is 1. The van der Waals surface area contributed by atoms with Crippen LogP contribution in [0.2, 0.25) is 0 Å². The summed E-state index contributed by atoms with van der Waals surface area (Å²) in [5, 5.41) is 10.2. The Labute approximate surface area is 72.4 Å². The third-order valence-electron chi connectivity index (χ3n) is 1.18. The van der Waals surface area contributed by atoms with E-state index in [0.717, 1.165) is 12.3 Å². The van der Waals surface area contributed by atoms with Crippen molar-refractivity contribution in [2.45, 2.75) is 0 Å². The van der Waals surface area contributed by atoms with Gasteiger partial charge in [-0.3, -0.25) is 4.79 Å². The average molecular weight is 182 g/mol. The molecule has 0 aromatic carbocycles. The second kappa shape index (κ2) is 3.48. The van der Waals surface area contributed by atoms with Gasteiger partial charge < -0.3 is 15.8 Å². The Morgan fingerprint density at radius 2 is 2.46 bits per heavy atom. The molecule has 0 spiro atoms. The van der Waals surface area contributed by atoms with Crippen LogP contribution in [0.5, 0.6) is 0 Å². The molecule has 13 heavy (non-hydrogen) atoms. The largest absolute Gasteiger partial charge is 0.366 e. The zero-order valence-corrected chi connectivity index (χ0v) is 6.43. The number of rotatable bonds is 3. The van der Waals surface area contributed by atoms with E-state index in [-0.39, 0.29) is 11.6 Å². The van der Waals surface area contributed by atoms with Crippen LogP contribution in [-0.2, 0) is 4.79 Å². The summed E-state index contributed by atoms with van der Waals surface area (Å²) < 4.78 is 0. The summed E-state index contributed by atoms with van der Waals surface area (Å²) in [7, 11) is 0. The molecule has 0 saturated carbocycles. The van der Waals surface area contributed by atoms with Gasteiger partial charge >= 0.3 is 5.82 Å². The van der Waals surface area contributed by atoms with Gasteiger partial charge in [-0.1, -0.05) is 0 Å². The zero-order valence-electron chi connectivity index (χ0n) is 6.43. The molecule has 7 nitrogen and oxygen atoms in total. The van der Waals surface area contributed by atoms with E-state index in [2.05, 4.69) is 9.97 Å². The van der Waals surface area contributed by atoms with Gasteiger partial charge in [0, 0.05) is 12.2 Å². The molecule has 0 aliphatic heterocycles. The first-order chi connectivity index (χ1) is 6.09. The van der Waals surface area contributed by atoms with Crippen molar-refractivity contribution in [3.8, 4) is 0 Å². The Bertz CT molecular complexity index is 368. The van der Waals surface area contributed by atoms with Crippen LogP contribution in [-0.4, -0.2) is 20.8 Å². The summed E-state index contributed by atoms with van der Waals surface area (Å²) >= 11 is 0. The van der Waals surface area contributed by atoms with Gasteiger partial charge in [0.1, 0.15) is 6.20 Å². The molecule has 0 atom stereocenters. The molecule has 68 valence electrons. The number of nitrogens with zero attached hydrogens (tertiary/aromatic N) is 2. The first-order valence-electron chi connectivity index (χ1n) is 3.26. The van der Waals surface area contributed by atoms with Crippen LogP contribution in [0.25, 0.3) is 6.08 Å². The molecule has 1 amide bonds. The minimum absolute atomic E-state index is 0.213. The Morgan fingerprint density at radius 1 is 1.77 bits per heavy atom. The van der Waals surface area contributed by atoms with Crippen molar-refractivity contribution < 1.29 is 9.72 Å². The number of amides is 1. The summed E-state index contributed by atoms with van der Waals surface area (Å²) in [5.41, 5.74) is 4.81. The number of H-pyrrole nitrogens is 1. The van der Waals surface area contributed by atoms with Crippen molar-refractivity contribution in [3.63, 3.8) is 0 Å². The average Bonchev–Trinajstić information content (AvgIpc) is 2.48. The Morgan fingerprint density at radius 3 is 2.92 bits per heavy atom. The number of nitrogens with one attached hydrogen (secondary N) is 1. The summed E-state index contributed by atoms with van der Waals surface area (Å²) in [6, 6.07) is 0. The maximum absolute atomic E-state index is 10.3. The maximum Gasteiger partial charge on any atom is 0.340 e. The van der Waals surface area contributed by atoms with Gasteiger partial charge in [-0.15, -0.1) is 0 Å².